The summed E-state index contributed by atoms with van der Waals surface area (Å²) in [5.41, 5.74) is 0.438. The predicted octanol–water partition coefficient (Wildman–Crippen LogP) is 1.14. The van der Waals surface area contributed by atoms with Crippen molar-refractivity contribution in [3.8, 4) is 5.75 Å². The van der Waals surface area contributed by atoms with E-state index in [2.05, 4.69) is 5.32 Å². The highest BCUT2D eigenvalue weighted by Crippen LogP contribution is 2.28. The number of Topliss-reactive ketones (excluding diaryl/α,β-unsaturated/α-hetero) is 1. The van der Waals surface area contributed by atoms with E-state index < -0.39 is 17.7 Å². The molecule has 0 aromatic heterocycles. The predicted molar refractivity (Wildman–Crippen MR) is 79.3 cm³/mol. The number of amides is 2. The number of hydrogen-bond donors (Lipinski definition) is 1. The third-order valence-corrected chi connectivity index (χ3v) is 2.92. The van der Waals surface area contributed by atoms with E-state index in [1.54, 1.807) is 38.1 Å². The summed E-state index contributed by atoms with van der Waals surface area (Å²) < 4.78 is 5.17. The molecule has 0 heterocycles. The van der Waals surface area contributed by atoms with Crippen molar-refractivity contribution in [1.82, 2.24) is 5.32 Å². The Morgan fingerprint density at radius 1 is 1.24 bits per heavy atom. The van der Waals surface area contributed by atoms with Gasteiger partial charge in [-0.05, 0) is 32.9 Å². The van der Waals surface area contributed by atoms with E-state index in [1.165, 1.54) is 18.9 Å². The van der Waals surface area contributed by atoms with E-state index in [1.807, 2.05) is 0 Å². The normalized spacial score (nSPS) is 11.7. The molecule has 0 fully saturated rings. The number of para-hydroxylation sites is 2. The first-order chi connectivity index (χ1) is 9.92. The van der Waals surface area contributed by atoms with Gasteiger partial charge in [-0.1, -0.05) is 12.1 Å². The highest BCUT2D eigenvalue weighted by molar-refractivity contribution is 6.39. The standard InChI is InChI=1S/C15H20N2O4/c1-10(2)16-15(20)14(19)11(3)17(9-18)12-7-5-6-8-13(12)21-4/h5-11H,1-4H3,(H,16,20). The second kappa shape index (κ2) is 7.42. The summed E-state index contributed by atoms with van der Waals surface area (Å²) in [5, 5.41) is 2.52. The number of hydrogen-bond acceptors (Lipinski definition) is 4. The maximum atomic E-state index is 12.1. The molecular formula is C15H20N2O4. The molecule has 1 atom stereocenters. The Morgan fingerprint density at radius 2 is 1.86 bits per heavy atom. The van der Waals surface area contributed by atoms with Gasteiger partial charge in [0.25, 0.3) is 5.91 Å². The smallest absolute Gasteiger partial charge is 0.289 e. The molecule has 0 aliphatic rings. The van der Waals surface area contributed by atoms with Crippen LogP contribution in [0.2, 0.25) is 0 Å². The van der Waals surface area contributed by atoms with Crippen LogP contribution in [0.25, 0.3) is 0 Å². The highest BCUT2D eigenvalue weighted by Gasteiger charge is 2.28. The molecule has 0 spiro atoms. The first-order valence-corrected chi connectivity index (χ1v) is 6.63. The topological polar surface area (TPSA) is 75.7 Å². The summed E-state index contributed by atoms with van der Waals surface area (Å²) in [7, 11) is 1.47. The number of nitrogens with one attached hydrogen (secondary N) is 1. The van der Waals surface area contributed by atoms with Gasteiger partial charge in [0, 0.05) is 6.04 Å². The Labute approximate surface area is 124 Å². The highest BCUT2D eigenvalue weighted by atomic mass is 16.5. The molecule has 1 aromatic rings. The van der Waals surface area contributed by atoms with Gasteiger partial charge in [0.2, 0.25) is 12.2 Å². The summed E-state index contributed by atoms with van der Waals surface area (Å²) in [4.78, 5) is 36.4. The molecule has 2 amide bonds. The lowest BCUT2D eigenvalue weighted by Gasteiger charge is -2.25. The van der Waals surface area contributed by atoms with Crippen LogP contribution >= 0.6 is 0 Å². The van der Waals surface area contributed by atoms with Crippen molar-refractivity contribution in [2.45, 2.75) is 32.9 Å². The van der Waals surface area contributed by atoms with Gasteiger partial charge >= 0.3 is 0 Å². The summed E-state index contributed by atoms with van der Waals surface area (Å²) in [6.07, 6.45) is 0.517. The number of benzene rings is 1. The van der Waals surface area contributed by atoms with Gasteiger partial charge in [-0.25, -0.2) is 0 Å². The minimum Gasteiger partial charge on any atom is -0.495 e. The number of carbonyl (C=O) groups excluding carboxylic acids is 3. The Bertz CT molecular complexity index is 528. The molecule has 0 radical (unpaired) electrons. The van der Waals surface area contributed by atoms with Crippen LogP contribution in [0.3, 0.4) is 0 Å². The molecule has 0 saturated heterocycles. The largest absolute Gasteiger partial charge is 0.495 e. The van der Waals surface area contributed by atoms with E-state index in [4.69, 9.17) is 4.74 Å². The van der Waals surface area contributed by atoms with Crippen LogP contribution in [-0.4, -0.2) is 37.3 Å². The first-order valence-electron chi connectivity index (χ1n) is 6.63. The Balaban J connectivity index is 3.01. The van der Waals surface area contributed by atoms with Gasteiger partial charge in [-0.2, -0.15) is 0 Å². The molecule has 1 rings (SSSR count). The molecule has 1 unspecified atom stereocenters. The van der Waals surface area contributed by atoms with Crippen LogP contribution in [0.15, 0.2) is 24.3 Å². The molecule has 1 aromatic carbocycles. The molecule has 0 bridgehead atoms. The second-order valence-electron chi connectivity index (χ2n) is 4.85. The number of methoxy groups -OCH3 is 1. The Kier molecular flexibility index (Phi) is 5.90. The molecule has 6 nitrogen and oxygen atoms in total. The third kappa shape index (κ3) is 4.05. The van der Waals surface area contributed by atoms with Crippen molar-refractivity contribution in [2.75, 3.05) is 12.0 Å². The van der Waals surface area contributed by atoms with Gasteiger partial charge < -0.3 is 15.0 Å². The maximum Gasteiger partial charge on any atom is 0.289 e. The Hall–Kier alpha value is -2.37. The lowest BCUT2D eigenvalue weighted by atomic mass is 10.1. The van der Waals surface area contributed by atoms with Crippen molar-refractivity contribution >= 4 is 23.8 Å². The molecule has 0 aliphatic heterocycles. The van der Waals surface area contributed by atoms with Crippen LogP contribution in [0.1, 0.15) is 20.8 Å². The van der Waals surface area contributed by atoms with Crippen LogP contribution in [0.5, 0.6) is 5.75 Å². The molecule has 6 heteroatoms. The minimum absolute atomic E-state index is 0.149. The number of rotatable bonds is 7. The van der Waals surface area contributed by atoms with Gasteiger partial charge in [0.15, 0.2) is 0 Å². The fraction of sp³-hybridized carbons (Fsp3) is 0.400. The third-order valence-electron chi connectivity index (χ3n) is 2.92. The van der Waals surface area contributed by atoms with E-state index in [9.17, 15) is 14.4 Å². The zero-order valence-electron chi connectivity index (χ0n) is 12.6. The minimum atomic E-state index is -0.919. The van der Waals surface area contributed by atoms with Crippen molar-refractivity contribution in [3.05, 3.63) is 24.3 Å². The first kappa shape index (κ1) is 16.7. The molecule has 0 aliphatic carbocycles. The van der Waals surface area contributed by atoms with Gasteiger partial charge in [-0.3, -0.25) is 14.4 Å². The number of carbonyl (C=O) groups is 3. The number of nitrogens with zero attached hydrogens (tertiary/aromatic N) is 1. The quantitative estimate of drug-likeness (QED) is 0.604. The fourth-order valence-corrected chi connectivity index (χ4v) is 1.85. The molecular weight excluding hydrogens is 272 g/mol. The molecule has 1 N–H and O–H groups in total. The summed E-state index contributed by atoms with van der Waals surface area (Å²) in [5.74, 6) is -0.936. The summed E-state index contributed by atoms with van der Waals surface area (Å²) in [6.45, 7) is 5.02. The summed E-state index contributed by atoms with van der Waals surface area (Å²) >= 11 is 0. The number of ether oxygens (including phenoxy) is 1. The van der Waals surface area contributed by atoms with E-state index in [0.29, 0.717) is 17.8 Å². The lowest BCUT2D eigenvalue weighted by Crippen LogP contribution is -2.47. The molecule has 0 saturated carbocycles. The summed E-state index contributed by atoms with van der Waals surface area (Å²) in [6, 6.07) is 5.74. The van der Waals surface area contributed by atoms with Crippen molar-refractivity contribution in [2.24, 2.45) is 0 Å². The van der Waals surface area contributed by atoms with Gasteiger partial charge in [0.05, 0.1) is 12.8 Å². The second-order valence-corrected chi connectivity index (χ2v) is 4.85. The SMILES string of the molecule is COc1ccccc1N(C=O)C(C)C(=O)C(=O)NC(C)C. The maximum absolute atomic E-state index is 12.1. The van der Waals surface area contributed by atoms with E-state index in [-0.39, 0.29) is 6.04 Å². The van der Waals surface area contributed by atoms with Crippen molar-refractivity contribution in [1.29, 1.82) is 0 Å². The lowest BCUT2D eigenvalue weighted by molar-refractivity contribution is -0.139. The number of ketones is 1. The molecule has 114 valence electrons. The molecule has 21 heavy (non-hydrogen) atoms. The van der Waals surface area contributed by atoms with E-state index >= 15 is 0 Å². The van der Waals surface area contributed by atoms with Gasteiger partial charge in [0.1, 0.15) is 11.8 Å². The van der Waals surface area contributed by atoms with E-state index in [0.717, 1.165) is 0 Å². The fourth-order valence-electron chi connectivity index (χ4n) is 1.85. The zero-order valence-corrected chi connectivity index (χ0v) is 12.6. The zero-order chi connectivity index (χ0) is 16.0. The number of anilines is 1. The average Bonchev–Trinajstić information content (AvgIpc) is 2.46. The van der Waals surface area contributed by atoms with Crippen LogP contribution in [0, 0.1) is 0 Å². The van der Waals surface area contributed by atoms with Crippen LogP contribution < -0.4 is 15.0 Å². The van der Waals surface area contributed by atoms with Crippen molar-refractivity contribution in [3.63, 3.8) is 0 Å². The van der Waals surface area contributed by atoms with Gasteiger partial charge in [-0.15, -0.1) is 0 Å². The van der Waals surface area contributed by atoms with Crippen LogP contribution in [0.4, 0.5) is 5.69 Å². The van der Waals surface area contributed by atoms with Crippen LogP contribution in [-0.2, 0) is 14.4 Å². The average molecular weight is 292 g/mol. The monoisotopic (exact) mass is 292 g/mol. The van der Waals surface area contributed by atoms with Crippen molar-refractivity contribution < 1.29 is 19.1 Å². The Morgan fingerprint density at radius 3 is 2.38 bits per heavy atom.